The van der Waals surface area contributed by atoms with E-state index in [1.807, 2.05) is 18.4 Å². The summed E-state index contributed by atoms with van der Waals surface area (Å²) in [5, 5.41) is 0. The molecule has 4 rings (SSSR count). The third-order valence-electron chi connectivity index (χ3n) is 7.37. The molecule has 0 N–H and O–H groups in total. The van der Waals surface area contributed by atoms with Gasteiger partial charge in [-0.2, -0.15) is 26.3 Å². The number of methoxy groups -OCH3 is 2. The van der Waals surface area contributed by atoms with Crippen molar-refractivity contribution >= 4 is 29.3 Å². The highest BCUT2D eigenvalue weighted by molar-refractivity contribution is 5.89. The van der Waals surface area contributed by atoms with Gasteiger partial charge in [0.2, 0.25) is 0 Å². The second kappa shape index (κ2) is 13.3. The van der Waals surface area contributed by atoms with Gasteiger partial charge < -0.3 is 14.0 Å². The Kier molecular flexibility index (Phi) is 9.82. The van der Waals surface area contributed by atoms with Crippen molar-refractivity contribution in [1.82, 2.24) is 19.5 Å². The molecule has 0 aliphatic carbocycles. The van der Waals surface area contributed by atoms with Gasteiger partial charge in [0.25, 0.3) is 0 Å². The van der Waals surface area contributed by atoms with E-state index in [2.05, 4.69) is 19.9 Å². The molecule has 4 aromatic rings. The molecule has 0 aliphatic rings. The number of hydrogen-bond acceptors (Lipinski definition) is 8. The largest absolute Gasteiger partial charge is 0.469 e. The molecule has 1 atom stereocenters. The number of benzene rings is 2. The van der Waals surface area contributed by atoms with Crippen molar-refractivity contribution in [3.05, 3.63) is 77.4 Å². The average molecular weight is 650 g/mol. The van der Waals surface area contributed by atoms with Gasteiger partial charge in [0.05, 0.1) is 38.2 Å². The van der Waals surface area contributed by atoms with Crippen LogP contribution in [0, 0.1) is 0 Å². The minimum Gasteiger partial charge on any atom is -0.469 e. The summed E-state index contributed by atoms with van der Waals surface area (Å²) in [6, 6.07) is 7.62. The molecule has 0 radical (unpaired) electrons. The topological polar surface area (TPSA) is 109 Å². The molecule has 0 aliphatic heterocycles. The number of imidazole rings is 1. The minimum absolute atomic E-state index is 0.00621. The summed E-state index contributed by atoms with van der Waals surface area (Å²) in [6.45, 7) is 3.41. The number of aliphatic imine (C=N–C) groups is 1. The molecule has 0 amide bonds. The maximum Gasteiger partial charge on any atom is 0.416 e. The molecule has 15 heteroatoms. The number of rotatable bonds is 10. The van der Waals surface area contributed by atoms with Crippen LogP contribution in [0.2, 0.25) is 0 Å². The summed E-state index contributed by atoms with van der Waals surface area (Å²) in [5.74, 6) is -1.51. The SMILES string of the molecule is COC(=O)CCC(CN=Cc1cc(C(F)(F)F)cc(C(F)(F)F)c1)(C(=O)OC)c1cccc(-c2ncnc3c2ncn3C(C)C)c1. The van der Waals surface area contributed by atoms with Gasteiger partial charge in [-0.05, 0) is 55.7 Å². The summed E-state index contributed by atoms with van der Waals surface area (Å²) in [4.78, 5) is 43.0. The third-order valence-corrected chi connectivity index (χ3v) is 7.37. The Morgan fingerprint density at radius 3 is 2.17 bits per heavy atom. The molecule has 0 spiro atoms. The number of alkyl halides is 6. The first-order chi connectivity index (χ1) is 21.6. The smallest absolute Gasteiger partial charge is 0.416 e. The summed E-state index contributed by atoms with van der Waals surface area (Å²) in [5.41, 5.74) is -2.94. The predicted octanol–water partition coefficient (Wildman–Crippen LogP) is 6.59. The Bertz CT molecular complexity index is 1730. The van der Waals surface area contributed by atoms with E-state index in [4.69, 9.17) is 9.47 Å². The van der Waals surface area contributed by atoms with Crippen molar-refractivity contribution in [3.63, 3.8) is 0 Å². The molecule has 46 heavy (non-hydrogen) atoms. The Balaban J connectivity index is 1.83. The van der Waals surface area contributed by atoms with Crippen molar-refractivity contribution in [2.45, 2.75) is 50.5 Å². The molecule has 2 aromatic heterocycles. The van der Waals surface area contributed by atoms with Gasteiger partial charge in [-0.25, -0.2) is 15.0 Å². The van der Waals surface area contributed by atoms with E-state index in [1.54, 1.807) is 30.6 Å². The maximum absolute atomic E-state index is 13.5. The van der Waals surface area contributed by atoms with Crippen LogP contribution >= 0.6 is 0 Å². The first kappa shape index (κ1) is 34.1. The average Bonchev–Trinajstić information content (AvgIpc) is 3.46. The van der Waals surface area contributed by atoms with Crippen LogP contribution in [0.5, 0.6) is 0 Å². The van der Waals surface area contributed by atoms with E-state index in [0.717, 1.165) is 20.4 Å². The van der Waals surface area contributed by atoms with Crippen LogP contribution < -0.4 is 0 Å². The van der Waals surface area contributed by atoms with E-state index in [9.17, 15) is 35.9 Å². The van der Waals surface area contributed by atoms with Crippen molar-refractivity contribution in [3.8, 4) is 11.3 Å². The fourth-order valence-corrected chi connectivity index (χ4v) is 4.98. The van der Waals surface area contributed by atoms with Gasteiger partial charge in [0.1, 0.15) is 23.0 Å². The zero-order chi connectivity index (χ0) is 33.9. The van der Waals surface area contributed by atoms with E-state index < -0.39 is 52.9 Å². The zero-order valence-electron chi connectivity index (χ0n) is 25.1. The number of aromatic nitrogens is 4. The molecule has 2 heterocycles. The Labute approximate surface area is 259 Å². The van der Waals surface area contributed by atoms with Gasteiger partial charge in [-0.1, -0.05) is 18.2 Å². The summed E-state index contributed by atoms with van der Waals surface area (Å²) in [6.07, 6.45) is -6.82. The van der Waals surface area contributed by atoms with Crippen molar-refractivity contribution in [1.29, 1.82) is 0 Å². The molecule has 9 nitrogen and oxygen atoms in total. The molecule has 1 unspecified atom stereocenters. The lowest BCUT2D eigenvalue weighted by molar-refractivity contribution is -0.149. The highest BCUT2D eigenvalue weighted by Gasteiger charge is 2.42. The molecule has 0 saturated carbocycles. The Morgan fingerprint density at radius 1 is 0.913 bits per heavy atom. The zero-order valence-corrected chi connectivity index (χ0v) is 25.1. The van der Waals surface area contributed by atoms with E-state index in [1.165, 1.54) is 6.33 Å². The van der Waals surface area contributed by atoms with Crippen molar-refractivity contribution in [2.75, 3.05) is 20.8 Å². The highest BCUT2D eigenvalue weighted by Crippen LogP contribution is 2.38. The van der Waals surface area contributed by atoms with E-state index >= 15 is 0 Å². The Morgan fingerprint density at radius 2 is 1.59 bits per heavy atom. The summed E-state index contributed by atoms with van der Waals surface area (Å²) >= 11 is 0. The number of fused-ring (bicyclic) bond motifs is 1. The predicted molar refractivity (Wildman–Crippen MR) is 155 cm³/mol. The lowest BCUT2D eigenvalue weighted by atomic mass is 9.75. The van der Waals surface area contributed by atoms with Crippen LogP contribution in [-0.2, 0) is 36.8 Å². The fraction of sp³-hybridized carbons (Fsp3) is 0.355. The molecule has 0 bridgehead atoms. The van der Waals surface area contributed by atoms with Crippen molar-refractivity contribution in [2.24, 2.45) is 4.99 Å². The van der Waals surface area contributed by atoms with E-state index in [0.29, 0.717) is 40.1 Å². The first-order valence-electron chi connectivity index (χ1n) is 13.8. The molecule has 0 fully saturated rings. The summed E-state index contributed by atoms with van der Waals surface area (Å²) in [7, 11) is 2.27. The monoisotopic (exact) mass is 649 g/mol. The number of halogens is 6. The first-order valence-corrected chi connectivity index (χ1v) is 13.8. The van der Waals surface area contributed by atoms with Crippen LogP contribution in [0.15, 0.2) is 60.1 Å². The van der Waals surface area contributed by atoms with Crippen LogP contribution in [0.3, 0.4) is 0 Å². The normalized spacial score (nSPS) is 13.7. The molecular weight excluding hydrogens is 620 g/mol. The van der Waals surface area contributed by atoms with E-state index in [-0.39, 0.29) is 24.9 Å². The fourth-order valence-electron chi connectivity index (χ4n) is 4.98. The Hall–Kier alpha value is -4.82. The van der Waals surface area contributed by atoms with Crippen LogP contribution in [0.25, 0.3) is 22.4 Å². The lowest BCUT2D eigenvalue weighted by Gasteiger charge is -2.30. The quantitative estimate of drug-likeness (QED) is 0.108. The van der Waals surface area contributed by atoms with Crippen LogP contribution in [0.1, 0.15) is 55.0 Å². The number of ether oxygens (including phenoxy) is 2. The highest BCUT2D eigenvalue weighted by atomic mass is 19.4. The molecule has 0 saturated heterocycles. The second-order valence-corrected chi connectivity index (χ2v) is 10.7. The second-order valence-electron chi connectivity index (χ2n) is 10.7. The lowest BCUT2D eigenvalue weighted by Crippen LogP contribution is -2.41. The standard InChI is InChI=1S/C31H29F6N5O4/c1-18(2)42-17-41-26-25(39-16-40-27(26)42)20-6-5-7-21(12-20)29(28(44)46-4,9-8-24(43)45-3)15-38-14-19-10-22(30(32,33)34)13-23(11-19)31(35,36)37/h5-7,10-14,16-18H,8-9,15H2,1-4H3. The number of carbonyl (C=O) groups excluding carboxylic acids is 2. The van der Waals surface area contributed by atoms with Gasteiger partial charge in [0.15, 0.2) is 5.65 Å². The summed E-state index contributed by atoms with van der Waals surface area (Å²) < 4.78 is 92.2. The van der Waals surface area contributed by atoms with Crippen LogP contribution in [0.4, 0.5) is 26.3 Å². The van der Waals surface area contributed by atoms with Gasteiger partial charge in [0, 0.05) is 24.2 Å². The minimum atomic E-state index is -5.06. The number of esters is 2. The van der Waals surface area contributed by atoms with Crippen LogP contribution in [-0.4, -0.2) is 58.4 Å². The maximum atomic E-state index is 13.5. The molecular formula is C31H29F6N5O4. The van der Waals surface area contributed by atoms with Gasteiger partial charge in [-0.3, -0.25) is 14.6 Å². The molecule has 244 valence electrons. The van der Waals surface area contributed by atoms with Gasteiger partial charge in [-0.15, -0.1) is 0 Å². The number of carbonyl (C=O) groups is 2. The van der Waals surface area contributed by atoms with Crippen molar-refractivity contribution < 1.29 is 45.4 Å². The number of hydrogen-bond donors (Lipinski definition) is 0. The third kappa shape index (κ3) is 7.18. The van der Waals surface area contributed by atoms with Gasteiger partial charge >= 0.3 is 24.3 Å². The molecule has 2 aromatic carbocycles. The number of nitrogens with zero attached hydrogens (tertiary/aromatic N) is 5.